The van der Waals surface area contributed by atoms with Crippen molar-refractivity contribution in [3.63, 3.8) is 0 Å². The molecule has 0 fully saturated rings. The molecule has 0 aromatic carbocycles. The minimum Gasteiger partial charge on any atom is -0.478 e. The summed E-state index contributed by atoms with van der Waals surface area (Å²) < 4.78 is 1.92. The maximum atomic E-state index is 9.63. The van der Waals surface area contributed by atoms with Crippen LogP contribution in [0.5, 0.6) is 0 Å². The van der Waals surface area contributed by atoms with Gasteiger partial charge < -0.3 is 15.3 Å². The normalized spacial score (nSPS) is 11.5. The summed E-state index contributed by atoms with van der Waals surface area (Å²) in [6.07, 6.45) is 6.04. The van der Waals surface area contributed by atoms with Gasteiger partial charge in [-0.25, -0.2) is 9.59 Å². The van der Waals surface area contributed by atoms with Crippen molar-refractivity contribution >= 4 is 17.6 Å². The van der Waals surface area contributed by atoms with Crippen LogP contribution in [0.1, 0.15) is 18.7 Å². The molecule has 2 rings (SSSR count). The molecule has 2 heterocycles. The largest absolute Gasteiger partial charge is 0.478 e. The lowest BCUT2D eigenvalue weighted by atomic mass is 10.3. The van der Waals surface area contributed by atoms with Gasteiger partial charge >= 0.3 is 11.9 Å². The number of hydrogen-bond acceptors (Lipinski definition) is 5. The van der Waals surface area contributed by atoms with Crippen LogP contribution in [0.4, 0.5) is 5.69 Å². The highest BCUT2D eigenvalue weighted by Gasteiger charge is 2.10. The Morgan fingerprint density at radius 2 is 1.71 bits per heavy atom. The number of aliphatic carboxylic acids is 2. The quantitative estimate of drug-likeness (QED) is 0.711. The lowest BCUT2D eigenvalue weighted by Crippen LogP contribution is -2.26. The van der Waals surface area contributed by atoms with E-state index in [1.54, 1.807) is 19.3 Å². The summed E-state index contributed by atoms with van der Waals surface area (Å²) in [5.41, 5.74) is 1.88. The first-order chi connectivity index (χ1) is 11.3. The zero-order valence-corrected chi connectivity index (χ0v) is 13.3. The monoisotopic (exact) mass is 333 g/mol. The van der Waals surface area contributed by atoms with E-state index in [0.717, 1.165) is 11.4 Å². The van der Waals surface area contributed by atoms with E-state index in [-0.39, 0.29) is 0 Å². The van der Waals surface area contributed by atoms with E-state index in [2.05, 4.69) is 4.98 Å². The summed E-state index contributed by atoms with van der Waals surface area (Å²) in [6.45, 7) is 1.76. The Morgan fingerprint density at radius 1 is 1.17 bits per heavy atom. The molecule has 1 unspecified atom stereocenters. The van der Waals surface area contributed by atoms with Gasteiger partial charge in [0.05, 0.1) is 17.5 Å². The van der Waals surface area contributed by atoms with Crippen LogP contribution in [0.25, 0.3) is 0 Å². The number of rotatable bonds is 5. The van der Waals surface area contributed by atoms with Crippen LogP contribution in [-0.2, 0) is 9.59 Å². The molecule has 0 spiro atoms. The number of carboxylic acids is 2. The minimum atomic E-state index is -1.26. The predicted octanol–water partition coefficient (Wildman–Crippen LogP) is 1.55. The molecule has 1 atom stereocenters. The topological polar surface area (TPSA) is 116 Å². The first kappa shape index (κ1) is 18.9. The molecule has 8 nitrogen and oxygen atoms in total. The second-order valence-electron chi connectivity index (χ2n) is 4.69. The third-order valence-corrected chi connectivity index (χ3v) is 2.91. The zero-order chi connectivity index (χ0) is 18.1. The van der Waals surface area contributed by atoms with Crippen LogP contribution in [-0.4, -0.2) is 44.0 Å². The Labute approximate surface area is 138 Å². The van der Waals surface area contributed by atoms with Crippen LogP contribution < -0.4 is 5.01 Å². The summed E-state index contributed by atoms with van der Waals surface area (Å²) in [6, 6.07) is 7.67. The van der Waals surface area contributed by atoms with E-state index < -0.39 is 18.0 Å². The molecule has 2 aromatic heterocycles. The van der Waals surface area contributed by atoms with Gasteiger partial charge in [-0.2, -0.15) is 0 Å². The summed E-state index contributed by atoms with van der Waals surface area (Å²) >= 11 is 0. The Hall–Kier alpha value is -3.13. The second-order valence-corrected chi connectivity index (χ2v) is 4.69. The van der Waals surface area contributed by atoms with E-state index in [4.69, 9.17) is 10.2 Å². The SMILES string of the molecule is CC(O)c1cccn1N(C)c1ccncc1.O=C(O)/C=C\C(=O)O. The number of hydrogen-bond donors (Lipinski definition) is 3. The molecule has 0 bridgehead atoms. The lowest BCUT2D eigenvalue weighted by molar-refractivity contribution is -0.134. The van der Waals surface area contributed by atoms with Crippen molar-refractivity contribution in [3.05, 3.63) is 60.7 Å². The van der Waals surface area contributed by atoms with Crippen molar-refractivity contribution < 1.29 is 24.9 Å². The highest BCUT2D eigenvalue weighted by Crippen LogP contribution is 2.18. The van der Waals surface area contributed by atoms with Crippen molar-refractivity contribution in [1.82, 2.24) is 9.66 Å². The van der Waals surface area contributed by atoms with Gasteiger partial charge in [0.25, 0.3) is 0 Å². The predicted molar refractivity (Wildman–Crippen MR) is 87.5 cm³/mol. The van der Waals surface area contributed by atoms with E-state index in [0.29, 0.717) is 12.2 Å². The maximum absolute atomic E-state index is 9.63. The fraction of sp³-hybridized carbons (Fsp3) is 0.188. The summed E-state index contributed by atoms with van der Waals surface area (Å²) in [7, 11) is 1.95. The molecule has 0 saturated heterocycles. The highest BCUT2D eigenvalue weighted by atomic mass is 16.4. The summed E-state index contributed by atoms with van der Waals surface area (Å²) in [5.74, 6) is -2.51. The van der Waals surface area contributed by atoms with Crippen LogP contribution in [0.2, 0.25) is 0 Å². The molecular formula is C16H19N3O5. The third-order valence-electron chi connectivity index (χ3n) is 2.91. The molecule has 0 aliphatic rings. The number of pyridine rings is 1. The number of aliphatic hydroxyl groups is 1. The van der Waals surface area contributed by atoms with E-state index in [9.17, 15) is 14.7 Å². The molecule has 0 saturated carbocycles. The second kappa shape index (κ2) is 9.11. The lowest BCUT2D eigenvalue weighted by Gasteiger charge is -2.24. The average molecular weight is 333 g/mol. The highest BCUT2D eigenvalue weighted by molar-refractivity contribution is 5.89. The molecule has 24 heavy (non-hydrogen) atoms. The van der Waals surface area contributed by atoms with Crippen LogP contribution >= 0.6 is 0 Å². The van der Waals surface area contributed by atoms with Crippen molar-refractivity contribution in [1.29, 1.82) is 0 Å². The van der Waals surface area contributed by atoms with Crippen LogP contribution in [0, 0.1) is 0 Å². The summed E-state index contributed by atoms with van der Waals surface area (Å²) in [5, 5.41) is 27.2. The van der Waals surface area contributed by atoms with E-state index in [1.807, 2.05) is 47.2 Å². The van der Waals surface area contributed by atoms with Crippen molar-refractivity contribution in [3.8, 4) is 0 Å². The number of nitrogens with zero attached hydrogens (tertiary/aromatic N) is 3. The van der Waals surface area contributed by atoms with Gasteiger partial charge in [0.2, 0.25) is 0 Å². The van der Waals surface area contributed by atoms with Crippen molar-refractivity contribution in [2.75, 3.05) is 12.1 Å². The van der Waals surface area contributed by atoms with Gasteiger partial charge in [0, 0.05) is 37.8 Å². The molecule has 2 aromatic rings. The van der Waals surface area contributed by atoms with Gasteiger partial charge in [-0.05, 0) is 31.2 Å². The maximum Gasteiger partial charge on any atom is 0.328 e. The fourth-order valence-corrected chi connectivity index (χ4v) is 1.82. The van der Waals surface area contributed by atoms with Crippen molar-refractivity contribution in [2.24, 2.45) is 0 Å². The first-order valence-corrected chi connectivity index (χ1v) is 6.96. The standard InChI is InChI=1S/C12H15N3O.C4H4O4/c1-10(16)12-4-3-9-15(12)14(2)11-5-7-13-8-6-11;5-3(6)1-2-4(7)8/h3-10,16H,1-2H3;1-2H,(H,5,6)(H,7,8)/b;2-1-. The van der Waals surface area contributed by atoms with E-state index in [1.165, 1.54) is 0 Å². The third kappa shape index (κ3) is 5.93. The average Bonchev–Trinajstić information content (AvgIpc) is 3.03. The smallest absolute Gasteiger partial charge is 0.328 e. The summed E-state index contributed by atoms with van der Waals surface area (Å²) in [4.78, 5) is 23.1. The number of carboxylic acid groups (broad SMARTS) is 2. The van der Waals surface area contributed by atoms with Gasteiger partial charge in [0.15, 0.2) is 0 Å². The Morgan fingerprint density at radius 3 is 2.17 bits per heavy atom. The van der Waals surface area contributed by atoms with Gasteiger partial charge in [-0.15, -0.1) is 0 Å². The number of aliphatic hydroxyl groups excluding tert-OH is 1. The molecule has 0 aliphatic carbocycles. The van der Waals surface area contributed by atoms with Crippen LogP contribution in [0.3, 0.4) is 0 Å². The van der Waals surface area contributed by atoms with E-state index >= 15 is 0 Å². The van der Waals surface area contributed by atoms with Crippen molar-refractivity contribution in [2.45, 2.75) is 13.0 Å². The molecule has 0 amide bonds. The first-order valence-electron chi connectivity index (χ1n) is 6.96. The molecule has 3 N–H and O–H groups in total. The van der Waals surface area contributed by atoms with Gasteiger partial charge in [-0.1, -0.05) is 0 Å². The number of carbonyl (C=O) groups is 2. The Bertz CT molecular complexity index is 679. The molecule has 0 aliphatic heterocycles. The Kier molecular flexibility index (Phi) is 7.18. The fourth-order valence-electron chi connectivity index (χ4n) is 1.82. The van der Waals surface area contributed by atoms with Crippen LogP contribution in [0.15, 0.2) is 55.0 Å². The molecule has 8 heteroatoms. The minimum absolute atomic E-state index is 0.487. The number of aromatic nitrogens is 2. The van der Waals surface area contributed by atoms with Gasteiger partial charge in [-0.3, -0.25) is 14.7 Å². The van der Waals surface area contributed by atoms with Gasteiger partial charge in [0.1, 0.15) is 0 Å². The Balaban J connectivity index is 0.000000307. The molecular weight excluding hydrogens is 314 g/mol. The number of anilines is 1. The zero-order valence-electron chi connectivity index (χ0n) is 13.3. The molecule has 0 radical (unpaired) electrons. The molecule has 128 valence electrons.